The first-order valence-corrected chi connectivity index (χ1v) is 2.69. The molecule has 1 rings (SSSR count). The summed E-state index contributed by atoms with van der Waals surface area (Å²) in [6.45, 7) is 0.381. The molecule has 1 aromatic carbocycles. The minimum absolute atomic E-state index is 0.349. The second-order valence-electron chi connectivity index (χ2n) is 1.75. The fourth-order valence-corrected chi connectivity index (χ4v) is 0.608. The maximum atomic E-state index is 12.2. The van der Waals surface area contributed by atoms with Gasteiger partial charge in [-0.05, 0) is 11.6 Å². The molecule has 0 unspecified atom stereocenters. The van der Waals surface area contributed by atoms with Crippen molar-refractivity contribution in [1.29, 1.82) is 0 Å². The first-order chi connectivity index (χ1) is 4.33. The molecule has 0 aliphatic heterocycles. The zero-order chi connectivity index (χ0) is 6.69. The summed E-state index contributed by atoms with van der Waals surface area (Å²) in [6, 6.07) is 7.02. The molecule has 47 valence electrons. The van der Waals surface area contributed by atoms with Gasteiger partial charge in [0.25, 0.3) is 0 Å². The lowest BCUT2D eigenvalue weighted by molar-refractivity contribution is 0.623. The summed E-state index contributed by atoms with van der Waals surface area (Å²) in [5.74, 6) is -0.349. The Bertz CT molecular complexity index is 198. The van der Waals surface area contributed by atoms with E-state index in [2.05, 4.69) is 6.07 Å². The third-order valence-corrected chi connectivity index (χ3v) is 1.07. The summed E-state index contributed by atoms with van der Waals surface area (Å²) >= 11 is 0. The summed E-state index contributed by atoms with van der Waals surface area (Å²) in [5.41, 5.74) is 6.04. The SMILES string of the molecule is NCc1cc[c]c(F)c1. The highest BCUT2D eigenvalue weighted by Crippen LogP contribution is 2.00. The molecule has 0 saturated carbocycles. The van der Waals surface area contributed by atoms with Crippen molar-refractivity contribution in [2.45, 2.75) is 6.54 Å². The molecule has 9 heavy (non-hydrogen) atoms. The largest absolute Gasteiger partial charge is 0.326 e. The minimum atomic E-state index is -0.349. The van der Waals surface area contributed by atoms with Gasteiger partial charge in [0.2, 0.25) is 0 Å². The predicted octanol–water partition coefficient (Wildman–Crippen LogP) is 1.08. The van der Waals surface area contributed by atoms with Crippen molar-refractivity contribution in [3.05, 3.63) is 35.6 Å². The van der Waals surface area contributed by atoms with Crippen LogP contribution in [0.4, 0.5) is 4.39 Å². The van der Waals surface area contributed by atoms with E-state index in [9.17, 15) is 4.39 Å². The van der Waals surface area contributed by atoms with Crippen LogP contribution in [0.15, 0.2) is 18.2 Å². The molecule has 1 radical (unpaired) electrons. The standard InChI is InChI=1S/C7H7FN/c8-7-3-1-2-6(4-7)5-9/h1-2,4H,5,9H2. The van der Waals surface area contributed by atoms with E-state index in [1.165, 1.54) is 12.1 Å². The number of hydrogen-bond donors (Lipinski definition) is 1. The van der Waals surface area contributed by atoms with Crippen LogP contribution in [-0.4, -0.2) is 0 Å². The molecule has 0 aliphatic carbocycles. The van der Waals surface area contributed by atoms with E-state index < -0.39 is 0 Å². The molecule has 2 N–H and O–H groups in total. The van der Waals surface area contributed by atoms with E-state index in [4.69, 9.17) is 5.73 Å². The average Bonchev–Trinajstić information content (AvgIpc) is 1.88. The number of benzene rings is 1. The summed E-state index contributed by atoms with van der Waals surface area (Å²) in [4.78, 5) is 0. The third kappa shape index (κ3) is 1.50. The molecule has 0 bridgehead atoms. The molecule has 0 atom stereocenters. The fourth-order valence-electron chi connectivity index (χ4n) is 0.608. The van der Waals surface area contributed by atoms with Gasteiger partial charge in [-0.15, -0.1) is 0 Å². The number of hydrogen-bond acceptors (Lipinski definition) is 1. The molecule has 0 saturated heterocycles. The molecular weight excluding hydrogens is 117 g/mol. The molecule has 2 heteroatoms. The van der Waals surface area contributed by atoms with Gasteiger partial charge in [0.15, 0.2) is 0 Å². The lowest BCUT2D eigenvalue weighted by atomic mass is 10.2. The Hall–Kier alpha value is -0.890. The van der Waals surface area contributed by atoms with Crippen LogP contribution >= 0.6 is 0 Å². The van der Waals surface area contributed by atoms with Crippen molar-refractivity contribution in [3.8, 4) is 0 Å². The second kappa shape index (κ2) is 2.60. The smallest absolute Gasteiger partial charge is 0.131 e. The Morgan fingerprint density at radius 2 is 2.44 bits per heavy atom. The highest BCUT2D eigenvalue weighted by atomic mass is 19.1. The van der Waals surface area contributed by atoms with Gasteiger partial charge >= 0.3 is 0 Å². The number of rotatable bonds is 1. The highest BCUT2D eigenvalue weighted by molar-refractivity contribution is 5.14. The van der Waals surface area contributed by atoms with Crippen LogP contribution in [0.3, 0.4) is 0 Å². The molecule has 0 amide bonds. The molecular formula is C7H7FN. The topological polar surface area (TPSA) is 26.0 Å². The lowest BCUT2D eigenvalue weighted by Gasteiger charge is -1.92. The maximum Gasteiger partial charge on any atom is 0.131 e. The van der Waals surface area contributed by atoms with Crippen molar-refractivity contribution in [1.82, 2.24) is 0 Å². The van der Waals surface area contributed by atoms with Gasteiger partial charge in [-0.2, -0.15) is 0 Å². The van der Waals surface area contributed by atoms with Crippen LogP contribution in [-0.2, 0) is 6.54 Å². The predicted molar refractivity (Wildman–Crippen MR) is 33.1 cm³/mol. The van der Waals surface area contributed by atoms with Crippen molar-refractivity contribution >= 4 is 0 Å². The lowest BCUT2D eigenvalue weighted by Crippen LogP contribution is -1.95. The second-order valence-corrected chi connectivity index (χ2v) is 1.75. The first kappa shape index (κ1) is 6.23. The van der Waals surface area contributed by atoms with E-state index in [-0.39, 0.29) is 5.82 Å². The van der Waals surface area contributed by atoms with E-state index in [1.54, 1.807) is 6.07 Å². The van der Waals surface area contributed by atoms with E-state index in [0.717, 1.165) is 5.56 Å². The molecule has 0 fully saturated rings. The van der Waals surface area contributed by atoms with Gasteiger partial charge in [-0.1, -0.05) is 12.1 Å². The minimum Gasteiger partial charge on any atom is -0.326 e. The Kier molecular flexibility index (Phi) is 1.80. The van der Waals surface area contributed by atoms with Gasteiger partial charge in [0.05, 0.1) is 0 Å². The van der Waals surface area contributed by atoms with Crippen LogP contribution in [0.25, 0.3) is 0 Å². The average molecular weight is 124 g/mol. The van der Waals surface area contributed by atoms with Gasteiger partial charge in [-0.3, -0.25) is 0 Å². The number of nitrogens with two attached hydrogens (primary N) is 1. The van der Waals surface area contributed by atoms with E-state index in [0.29, 0.717) is 6.54 Å². The summed E-state index contributed by atoms with van der Waals surface area (Å²) in [7, 11) is 0. The Morgan fingerprint density at radius 3 is 2.89 bits per heavy atom. The summed E-state index contributed by atoms with van der Waals surface area (Å²) in [6.07, 6.45) is 0. The molecule has 0 heterocycles. The fraction of sp³-hybridized carbons (Fsp3) is 0.143. The van der Waals surface area contributed by atoms with E-state index >= 15 is 0 Å². The monoisotopic (exact) mass is 124 g/mol. The van der Waals surface area contributed by atoms with Crippen molar-refractivity contribution < 1.29 is 4.39 Å². The van der Waals surface area contributed by atoms with Crippen molar-refractivity contribution in [2.24, 2.45) is 5.73 Å². The van der Waals surface area contributed by atoms with Gasteiger partial charge in [0, 0.05) is 12.6 Å². The molecule has 0 spiro atoms. The molecule has 0 aromatic heterocycles. The van der Waals surface area contributed by atoms with Crippen LogP contribution in [0.2, 0.25) is 0 Å². The van der Waals surface area contributed by atoms with Crippen LogP contribution in [0.5, 0.6) is 0 Å². The third-order valence-electron chi connectivity index (χ3n) is 1.07. The van der Waals surface area contributed by atoms with Gasteiger partial charge < -0.3 is 5.73 Å². The van der Waals surface area contributed by atoms with Crippen molar-refractivity contribution in [3.63, 3.8) is 0 Å². The Labute approximate surface area is 53.3 Å². The summed E-state index contributed by atoms with van der Waals surface area (Å²) in [5, 5.41) is 0. The Balaban J connectivity index is 2.94. The summed E-state index contributed by atoms with van der Waals surface area (Å²) < 4.78 is 12.2. The zero-order valence-corrected chi connectivity index (χ0v) is 4.89. The van der Waals surface area contributed by atoms with E-state index in [1.807, 2.05) is 0 Å². The first-order valence-electron chi connectivity index (χ1n) is 2.69. The van der Waals surface area contributed by atoms with Crippen molar-refractivity contribution in [2.75, 3.05) is 0 Å². The Morgan fingerprint density at radius 1 is 1.67 bits per heavy atom. The van der Waals surface area contributed by atoms with Gasteiger partial charge in [0.1, 0.15) is 5.82 Å². The zero-order valence-electron chi connectivity index (χ0n) is 4.89. The number of halogens is 1. The normalized spacial score (nSPS) is 9.56. The van der Waals surface area contributed by atoms with Crippen LogP contribution in [0.1, 0.15) is 5.56 Å². The highest BCUT2D eigenvalue weighted by Gasteiger charge is 1.89. The maximum absolute atomic E-state index is 12.2. The van der Waals surface area contributed by atoms with Gasteiger partial charge in [-0.25, -0.2) is 4.39 Å². The van der Waals surface area contributed by atoms with Crippen LogP contribution in [0, 0.1) is 11.9 Å². The van der Waals surface area contributed by atoms with Crippen LogP contribution < -0.4 is 5.73 Å². The molecule has 1 nitrogen and oxygen atoms in total. The quantitative estimate of drug-likeness (QED) is 0.595. The molecule has 1 aromatic rings. The molecule has 0 aliphatic rings.